The minimum atomic E-state index is -0.532. The molecule has 5 nitrogen and oxygen atoms in total. The summed E-state index contributed by atoms with van der Waals surface area (Å²) in [5.41, 5.74) is 6.85. The number of nitrogens with two attached hydrogens (primary N) is 1. The molecule has 7 heteroatoms. The molecular formula is C13H13BrClN3O2. The summed E-state index contributed by atoms with van der Waals surface area (Å²) in [6.07, 6.45) is 0. The molecule has 106 valence electrons. The predicted molar refractivity (Wildman–Crippen MR) is 81.4 cm³/mol. The Labute approximate surface area is 129 Å². The molecule has 0 spiro atoms. The number of anilines is 1. The van der Waals surface area contributed by atoms with Crippen LogP contribution in [-0.4, -0.2) is 22.1 Å². The van der Waals surface area contributed by atoms with E-state index in [1.807, 2.05) is 6.07 Å². The van der Waals surface area contributed by atoms with Crippen LogP contribution in [0.2, 0.25) is 5.02 Å². The predicted octanol–water partition coefficient (Wildman–Crippen LogP) is 3.36. The van der Waals surface area contributed by atoms with Crippen molar-refractivity contribution in [3.05, 3.63) is 39.2 Å². The van der Waals surface area contributed by atoms with Gasteiger partial charge in [0.05, 0.1) is 17.3 Å². The number of aromatic nitrogens is 2. The zero-order chi connectivity index (χ0) is 14.9. The van der Waals surface area contributed by atoms with Crippen LogP contribution in [0.5, 0.6) is 0 Å². The molecule has 2 rings (SSSR count). The van der Waals surface area contributed by atoms with Gasteiger partial charge in [-0.05, 0) is 48.0 Å². The maximum Gasteiger partial charge on any atom is 0.360 e. The zero-order valence-corrected chi connectivity index (χ0v) is 13.3. The fourth-order valence-electron chi connectivity index (χ4n) is 1.85. The second-order valence-electron chi connectivity index (χ2n) is 4.05. The highest BCUT2D eigenvalue weighted by molar-refractivity contribution is 9.10. The average Bonchev–Trinajstić information content (AvgIpc) is 2.69. The first kappa shape index (κ1) is 14.9. The van der Waals surface area contributed by atoms with Crippen LogP contribution in [-0.2, 0) is 4.74 Å². The number of nitrogen functional groups attached to an aromatic ring is 1. The monoisotopic (exact) mass is 357 g/mol. The zero-order valence-electron chi connectivity index (χ0n) is 11.0. The summed E-state index contributed by atoms with van der Waals surface area (Å²) in [6, 6.07) is 5.38. The molecule has 1 heterocycles. The topological polar surface area (TPSA) is 70.1 Å². The lowest BCUT2D eigenvalue weighted by molar-refractivity contribution is 0.0521. The van der Waals surface area contributed by atoms with Crippen LogP contribution in [0.4, 0.5) is 5.82 Å². The van der Waals surface area contributed by atoms with Crippen LogP contribution in [0, 0.1) is 6.92 Å². The second-order valence-corrected chi connectivity index (χ2v) is 5.31. The Bertz CT molecular complexity index is 670. The molecule has 0 saturated carbocycles. The van der Waals surface area contributed by atoms with E-state index in [1.54, 1.807) is 30.5 Å². The van der Waals surface area contributed by atoms with Gasteiger partial charge in [0.1, 0.15) is 11.6 Å². The molecule has 0 unspecified atom stereocenters. The van der Waals surface area contributed by atoms with Gasteiger partial charge in [-0.1, -0.05) is 11.6 Å². The summed E-state index contributed by atoms with van der Waals surface area (Å²) in [6.45, 7) is 3.76. The Hall–Kier alpha value is -1.53. The van der Waals surface area contributed by atoms with Gasteiger partial charge in [0.25, 0.3) is 0 Å². The largest absolute Gasteiger partial charge is 0.461 e. The van der Waals surface area contributed by atoms with Crippen molar-refractivity contribution in [2.75, 3.05) is 12.3 Å². The first-order valence-electron chi connectivity index (χ1n) is 5.93. The lowest BCUT2D eigenvalue weighted by Crippen LogP contribution is -2.09. The highest BCUT2D eigenvalue weighted by Crippen LogP contribution is 2.28. The molecule has 2 aromatic rings. The Morgan fingerprint density at radius 3 is 2.85 bits per heavy atom. The molecule has 1 aromatic carbocycles. The number of hydrogen-bond acceptors (Lipinski definition) is 4. The van der Waals surface area contributed by atoms with Gasteiger partial charge >= 0.3 is 5.97 Å². The van der Waals surface area contributed by atoms with Crippen LogP contribution in [0.15, 0.2) is 22.7 Å². The standard InChI is InChI=1S/C13H13BrClN3O2/c1-3-20-13(19)11-12(16)18(7(2)17-11)8-4-5-9(14)10(15)6-8/h4-6H,3,16H2,1-2H3. The summed E-state index contributed by atoms with van der Waals surface area (Å²) >= 11 is 9.40. The maximum absolute atomic E-state index is 11.8. The first-order chi connectivity index (χ1) is 9.45. The number of nitrogens with zero attached hydrogens (tertiary/aromatic N) is 2. The number of benzene rings is 1. The summed E-state index contributed by atoms with van der Waals surface area (Å²) in [5, 5.41) is 0.549. The highest BCUT2D eigenvalue weighted by Gasteiger charge is 2.20. The number of carbonyl (C=O) groups excluding carboxylic acids is 1. The molecule has 0 aliphatic rings. The lowest BCUT2D eigenvalue weighted by atomic mass is 10.3. The fraction of sp³-hybridized carbons (Fsp3) is 0.231. The van der Waals surface area contributed by atoms with Gasteiger partial charge in [0.15, 0.2) is 5.69 Å². The van der Waals surface area contributed by atoms with E-state index in [0.29, 0.717) is 10.8 Å². The van der Waals surface area contributed by atoms with Crippen LogP contribution in [0.3, 0.4) is 0 Å². The van der Waals surface area contributed by atoms with E-state index >= 15 is 0 Å². The van der Waals surface area contributed by atoms with Crippen molar-refractivity contribution < 1.29 is 9.53 Å². The SMILES string of the molecule is CCOC(=O)c1nc(C)n(-c2ccc(Br)c(Cl)c2)c1N. The molecule has 0 atom stereocenters. The molecule has 0 aliphatic heterocycles. The molecule has 0 radical (unpaired) electrons. The third-order valence-corrected chi connectivity index (χ3v) is 3.94. The van der Waals surface area contributed by atoms with Gasteiger partial charge < -0.3 is 10.5 Å². The number of aryl methyl sites for hydroxylation is 1. The van der Waals surface area contributed by atoms with Crippen molar-refractivity contribution in [3.63, 3.8) is 0 Å². The van der Waals surface area contributed by atoms with Crippen molar-refractivity contribution in [1.29, 1.82) is 0 Å². The summed E-state index contributed by atoms with van der Waals surface area (Å²) in [4.78, 5) is 15.9. The van der Waals surface area contributed by atoms with Crippen molar-refractivity contribution >= 4 is 39.3 Å². The quantitative estimate of drug-likeness (QED) is 0.854. The fourth-order valence-corrected chi connectivity index (χ4v) is 2.27. The molecule has 2 N–H and O–H groups in total. The van der Waals surface area contributed by atoms with E-state index < -0.39 is 5.97 Å². The maximum atomic E-state index is 11.8. The molecule has 1 aromatic heterocycles. The molecule has 0 saturated heterocycles. The third kappa shape index (κ3) is 2.66. The normalized spacial score (nSPS) is 10.6. The van der Waals surface area contributed by atoms with Gasteiger partial charge in [0.2, 0.25) is 0 Å². The van der Waals surface area contributed by atoms with E-state index in [2.05, 4.69) is 20.9 Å². The number of ether oxygens (including phenoxy) is 1. The van der Waals surface area contributed by atoms with Crippen LogP contribution < -0.4 is 5.73 Å². The lowest BCUT2D eigenvalue weighted by Gasteiger charge is -2.09. The second kappa shape index (κ2) is 5.85. The third-order valence-electron chi connectivity index (χ3n) is 2.71. The number of carbonyl (C=O) groups is 1. The molecule has 0 amide bonds. The van der Waals surface area contributed by atoms with Crippen LogP contribution in [0.1, 0.15) is 23.2 Å². The van der Waals surface area contributed by atoms with E-state index in [0.717, 1.165) is 10.2 Å². The average molecular weight is 359 g/mol. The first-order valence-corrected chi connectivity index (χ1v) is 7.10. The van der Waals surface area contributed by atoms with Crippen molar-refractivity contribution in [2.45, 2.75) is 13.8 Å². The molecule has 0 aliphatic carbocycles. The number of halogens is 2. The van der Waals surface area contributed by atoms with Gasteiger partial charge in [-0.25, -0.2) is 9.78 Å². The number of rotatable bonds is 3. The van der Waals surface area contributed by atoms with Crippen molar-refractivity contribution in [3.8, 4) is 5.69 Å². The number of imidazole rings is 1. The van der Waals surface area contributed by atoms with E-state index in [-0.39, 0.29) is 18.1 Å². The van der Waals surface area contributed by atoms with E-state index in [9.17, 15) is 4.79 Å². The van der Waals surface area contributed by atoms with Gasteiger partial charge in [-0.2, -0.15) is 0 Å². The Balaban J connectivity index is 2.52. The van der Waals surface area contributed by atoms with Gasteiger partial charge in [-0.3, -0.25) is 4.57 Å². The Morgan fingerprint density at radius 2 is 2.25 bits per heavy atom. The smallest absolute Gasteiger partial charge is 0.360 e. The molecule has 0 bridgehead atoms. The van der Waals surface area contributed by atoms with E-state index in [4.69, 9.17) is 22.1 Å². The molecule has 20 heavy (non-hydrogen) atoms. The van der Waals surface area contributed by atoms with Gasteiger partial charge in [0, 0.05) is 4.47 Å². The highest BCUT2D eigenvalue weighted by atomic mass is 79.9. The summed E-state index contributed by atoms with van der Waals surface area (Å²) < 4.78 is 7.37. The minimum absolute atomic E-state index is 0.114. The minimum Gasteiger partial charge on any atom is -0.461 e. The molecule has 0 fully saturated rings. The number of esters is 1. The van der Waals surface area contributed by atoms with E-state index in [1.165, 1.54) is 0 Å². The molecular weight excluding hydrogens is 346 g/mol. The Kier molecular flexibility index (Phi) is 4.35. The summed E-state index contributed by atoms with van der Waals surface area (Å²) in [5.74, 6) is 0.290. The van der Waals surface area contributed by atoms with Crippen LogP contribution >= 0.6 is 27.5 Å². The van der Waals surface area contributed by atoms with Crippen molar-refractivity contribution in [1.82, 2.24) is 9.55 Å². The number of hydrogen-bond donors (Lipinski definition) is 1. The van der Waals surface area contributed by atoms with Crippen molar-refractivity contribution in [2.24, 2.45) is 0 Å². The van der Waals surface area contributed by atoms with Crippen LogP contribution in [0.25, 0.3) is 5.69 Å². The van der Waals surface area contributed by atoms with Gasteiger partial charge in [-0.15, -0.1) is 0 Å². The summed E-state index contributed by atoms with van der Waals surface area (Å²) in [7, 11) is 0. The Morgan fingerprint density at radius 1 is 1.55 bits per heavy atom.